The van der Waals surface area contributed by atoms with Crippen LogP contribution in [-0.4, -0.2) is 13.3 Å². The molecule has 0 fully saturated rings. The Morgan fingerprint density at radius 2 is 2.17 bits per heavy atom. The molecule has 0 rings (SSSR count). The molecule has 0 atom stereocenters. The summed E-state index contributed by atoms with van der Waals surface area (Å²) in [5.74, 6) is 0.586. The minimum atomic E-state index is 0.586. The lowest BCUT2D eigenvalue weighted by molar-refractivity contribution is 0.821. The normalized spacial score (nSPS) is 12.8. The largest absolute Gasteiger partial charge is 0.296 e. The van der Waals surface area contributed by atoms with Gasteiger partial charge in [0.2, 0.25) is 0 Å². The quantitative estimate of drug-likeness (QED) is 0.438. The van der Waals surface area contributed by atoms with Gasteiger partial charge in [0.25, 0.3) is 0 Å². The molecule has 0 spiro atoms. The van der Waals surface area contributed by atoms with E-state index in [-0.39, 0.29) is 0 Å². The lowest BCUT2D eigenvalue weighted by Gasteiger charge is -2.00. The van der Waals surface area contributed by atoms with Crippen molar-refractivity contribution in [2.45, 2.75) is 27.2 Å². The zero-order chi connectivity index (χ0) is 9.40. The zero-order valence-corrected chi connectivity index (χ0v) is 8.38. The van der Waals surface area contributed by atoms with Crippen LogP contribution in [-0.2, 0) is 0 Å². The topological polar surface area (TPSA) is 12.4 Å². The van der Waals surface area contributed by atoms with Gasteiger partial charge in [0.1, 0.15) is 0 Å². The Bertz CT molecular complexity index is 175. The van der Waals surface area contributed by atoms with E-state index < -0.39 is 0 Å². The summed E-state index contributed by atoms with van der Waals surface area (Å²) in [7, 11) is 0. The molecule has 0 bridgehead atoms. The van der Waals surface area contributed by atoms with Gasteiger partial charge in [-0.1, -0.05) is 39.0 Å². The summed E-state index contributed by atoms with van der Waals surface area (Å²) >= 11 is 0. The lowest BCUT2D eigenvalue weighted by atomic mass is 10.1. The third-order valence-electron chi connectivity index (χ3n) is 1.41. The van der Waals surface area contributed by atoms with Gasteiger partial charge in [0, 0.05) is 0 Å². The van der Waals surface area contributed by atoms with Crippen molar-refractivity contribution in [2.75, 3.05) is 6.54 Å². The molecule has 0 aliphatic rings. The van der Waals surface area contributed by atoms with E-state index in [1.165, 1.54) is 5.57 Å². The molecule has 68 valence electrons. The second-order valence-corrected chi connectivity index (χ2v) is 3.18. The van der Waals surface area contributed by atoms with Crippen molar-refractivity contribution in [2.24, 2.45) is 10.9 Å². The summed E-state index contributed by atoms with van der Waals surface area (Å²) in [6.45, 7) is 10.7. The summed E-state index contributed by atoms with van der Waals surface area (Å²) in [6, 6.07) is 0. The van der Waals surface area contributed by atoms with Gasteiger partial charge in [0.15, 0.2) is 0 Å². The first-order valence-electron chi connectivity index (χ1n) is 4.50. The number of aliphatic imine (C=N–C) groups is 1. The van der Waals surface area contributed by atoms with Crippen molar-refractivity contribution in [3.8, 4) is 0 Å². The fraction of sp³-hybridized carbons (Fsp3) is 0.545. The monoisotopic (exact) mass is 165 g/mol. The minimum Gasteiger partial charge on any atom is -0.296 e. The van der Waals surface area contributed by atoms with Crippen LogP contribution in [0.3, 0.4) is 0 Å². The van der Waals surface area contributed by atoms with Gasteiger partial charge in [-0.2, -0.15) is 0 Å². The molecular weight excluding hydrogens is 146 g/mol. The highest BCUT2D eigenvalue weighted by Crippen LogP contribution is 2.04. The van der Waals surface area contributed by atoms with Gasteiger partial charge < -0.3 is 0 Å². The molecule has 1 nitrogen and oxygen atoms in total. The summed E-state index contributed by atoms with van der Waals surface area (Å²) in [6.07, 6.45) is 7.58. The van der Waals surface area contributed by atoms with Crippen molar-refractivity contribution in [1.29, 1.82) is 0 Å². The Balaban J connectivity index is 4.21. The van der Waals surface area contributed by atoms with Crippen molar-refractivity contribution >= 4 is 6.72 Å². The zero-order valence-electron chi connectivity index (χ0n) is 8.38. The third-order valence-corrected chi connectivity index (χ3v) is 1.41. The molecule has 0 unspecified atom stereocenters. The molecule has 0 aliphatic heterocycles. The predicted octanol–water partition coefficient (Wildman–Crippen LogP) is 3.24. The summed E-state index contributed by atoms with van der Waals surface area (Å²) in [5, 5.41) is 0. The molecule has 0 aliphatic carbocycles. The lowest BCUT2D eigenvalue weighted by Crippen LogP contribution is -1.88. The van der Waals surface area contributed by atoms with Crippen molar-refractivity contribution in [3.05, 3.63) is 23.8 Å². The van der Waals surface area contributed by atoms with Crippen LogP contribution in [0.2, 0.25) is 0 Å². The molecule has 0 N–H and O–H groups in total. The Hall–Kier alpha value is -0.850. The first kappa shape index (κ1) is 11.2. The van der Waals surface area contributed by atoms with Gasteiger partial charge in [-0.15, -0.1) is 0 Å². The Labute approximate surface area is 75.9 Å². The Morgan fingerprint density at radius 1 is 1.50 bits per heavy atom. The smallest absolute Gasteiger partial charge is 0.0629 e. The molecule has 0 amide bonds. The SMILES string of the molecule is C=NCC(/C=C\CC)=C/C(C)C. The number of nitrogens with zero attached hydrogens (tertiary/aromatic N) is 1. The van der Waals surface area contributed by atoms with Gasteiger partial charge in [0.05, 0.1) is 6.54 Å². The molecular formula is C11H19N. The summed E-state index contributed by atoms with van der Waals surface area (Å²) in [5.41, 5.74) is 1.27. The molecule has 0 radical (unpaired) electrons. The number of hydrogen-bond acceptors (Lipinski definition) is 1. The first-order valence-corrected chi connectivity index (χ1v) is 4.50. The fourth-order valence-corrected chi connectivity index (χ4v) is 0.987. The predicted molar refractivity (Wildman–Crippen MR) is 56.8 cm³/mol. The molecule has 0 aromatic heterocycles. The van der Waals surface area contributed by atoms with Gasteiger partial charge in [-0.3, -0.25) is 4.99 Å². The average molecular weight is 165 g/mol. The molecule has 0 heterocycles. The molecule has 1 heteroatoms. The third kappa shape index (κ3) is 5.90. The van der Waals surface area contributed by atoms with Crippen LogP contribution < -0.4 is 0 Å². The molecule has 12 heavy (non-hydrogen) atoms. The van der Waals surface area contributed by atoms with Crippen LogP contribution in [0.4, 0.5) is 0 Å². The first-order chi connectivity index (χ1) is 5.70. The molecule has 0 saturated carbocycles. The van der Waals surface area contributed by atoms with Gasteiger partial charge in [-0.25, -0.2) is 0 Å². The van der Waals surface area contributed by atoms with E-state index in [0.29, 0.717) is 5.92 Å². The van der Waals surface area contributed by atoms with Crippen LogP contribution in [0.5, 0.6) is 0 Å². The maximum atomic E-state index is 3.87. The molecule has 0 aromatic rings. The second kappa shape index (κ2) is 6.84. The van der Waals surface area contributed by atoms with Crippen molar-refractivity contribution < 1.29 is 0 Å². The van der Waals surface area contributed by atoms with E-state index in [1.54, 1.807) is 0 Å². The van der Waals surface area contributed by atoms with Crippen LogP contribution >= 0.6 is 0 Å². The maximum Gasteiger partial charge on any atom is 0.0629 e. The standard InChI is InChI=1S/C11H19N/c1-5-6-7-11(9-12-4)8-10(2)3/h6-8,10H,4-5,9H2,1-3H3/b7-6-,11-8+. The van der Waals surface area contributed by atoms with Gasteiger partial charge >= 0.3 is 0 Å². The van der Waals surface area contributed by atoms with Crippen LogP contribution in [0.15, 0.2) is 28.8 Å². The Kier molecular flexibility index (Phi) is 6.35. The van der Waals surface area contributed by atoms with Crippen LogP contribution in [0.1, 0.15) is 27.2 Å². The summed E-state index contributed by atoms with van der Waals surface area (Å²) < 4.78 is 0. The van der Waals surface area contributed by atoms with E-state index in [0.717, 1.165) is 13.0 Å². The molecule has 0 saturated heterocycles. The van der Waals surface area contributed by atoms with E-state index in [9.17, 15) is 0 Å². The minimum absolute atomic E-state index is 0.586. The highest BCUT2D eigenvalue weighted by Gasteiger charge is 1.91. The molecule has 0 aromatic carbocycles. The van der Waals surface area contributed by atoms with E-state index in [1.807, 2.05) is 0 Å². The van der Waals surface area contributed by atoms with Crippen LogP contribution in [0.25, 0.3) is 0 Å². The second-order valence-electron chi connectivity index (χ2n) is 3.18. The van der Waals surface area contributed by atoms with E-state index in [2.05, 4.69) is 50.7 Å². The highest BCUT2D eigenvalue weighted by molar-refractivity contribution is 5.28. The average Bonchev–Trinajstić information content (AvgIpc) is 2.00. The summed E-state index contributed by atoms with van der Waals surface area (Å²) in [4.78, 5) is 3.87. The van der Waals surface area contributed by atoms with E-state index >= 15 is 0 Å². The Morgan fingerprint density at radius 3 is 2.58 bits per heavy atom. The van der Waals surface area contributed by atoms with Gasteiger partial charge in [-0.05, 0) is 24.6 Å². The number of rotatable bonds is 5. The maximum absolute atomic E-state index is 3.87. The van der Waals surface area contributed by atoms with Crippen LogP contribution in [0, 0.1) is 5.92 Å². The fourth-order valence-electron chi connectivity index (χ4n) is 0.987. The van der Waals surface area contributed by atoms with Crippen molar-refractivity contribution in [1.82, 2.24) is 0 Å². The van der Waals surface area contributed by atoms with E-state index in [4.69, 9.17) is 0 Å². The van der Waals surface area contributed by atoms with Crippen molar-refractivity contribution in [3.63, 3.8) is 0 Å². The highest BCUT2D eigenvalue weighted by atomic mass is 14.7. The number of allylic oxidation sites excluding steroid dienone is 2. The number of hydrogen-bond donors (Lipinski definition) is 0.